The average molecular weight is 378 g/mol. The first-order chi connectivity index (χ1) is 9.40. The third-order valence-electron chi connectivity index (χ3n) is 2.44. The summed E-state index contributed by atoms with van der Waals surface area (Å²) in [6.07, 6.45) is 0. The Morgan fingerprint density at radius 2 is 1.90 bits per heavy atom. The zero-order valence-electron chi connectivity index (χ0n) is 9.88. The van der Waals surface area contributed by atoms with Gasteiger partial charge in [-0.25, -0.2) is 4.39 Å². The maximum Gasteiger partial charge on any atom is 0.145 e. The van der Waals surface area contributed by atoms with Gasteiger partial charge in [-0.05, 0) is 34.1 Å². The predicted octanol–water partition coefficient (Wildman–Crippen LogP) is 4.97. The van der Waals surface area contributed by atoms with Crippen LogP contribution >= 0.6 is 39.1 Å². The fraction of sp³-hybridized carbons (Fsp3) is 0. The molecule has 0 spiro atoms. The highest BCUT2D eigenvalue weighted by molar-refractivity contribution is 9.10. The summed E-state index contributed by atoms with van der Waals surface area (Å²) in [7, 11) is 0. The summed E-state index contributed by atoms with van der Waals surface area (Å²) >= 11 is 14.9. The van der Waals surface area contributed by atoms with Crippen LogP contribution in [0.25, 0.3) is 0 Å². The van der Waals surface area contributed by atoms with Crippen LogP contribution in [0.15, 0.2) is 34.8 Å². The molecule has 2 aromatic rings. The number of hydrogen-bond acceptors (Lipinski definition) is 2. The lowest BCUT2D eigenvalue weighted by Gasteiger charge is -2.13. The number of ether oxygens (including phenoxy) is 1. The minimum Gasteiger partial charge on any atom is -0.455 e. The molecule has 2 aromatic carbocycles. The van der Waals surface area contributed by atoms with Crippen molar-refractivity contribution in [2.75, 3.05) is 0 Å². The summed E-state index contributed by atoms with van der Waals surface area (Å²) in [6, 6.07) is 7.33. The van der Waals surface area contributed by atoms with Gasteiger partial charge in [0.1, 0.15) is 23.2 Å². The second-order valence-corrected chi connectivity index (χ2v) is 5.49. The van der Waals surface area contributed by atoms with Gasteiger partial charge in [0.05, 0.1) is 20.1 Å². The van der Waals surface area contributed by atoms with E-state index in [1.807, 2.05) is 0 Å². The van der Waals surface area contributed by atoms with Crippen molar-refractivity contribution < 1.29 is 9.13 Å². The van der Waals surface area contributed by atoms with Crippen LogP contribution in [-0.4, -0.2) is 5.84 Å². The van der Waals surface area contributed by atoms with Crippen molar-refractivity contribution >= 4 is 45.0 Å². The first-order valence-electron chi connectivity index (χ1n) is 5.35. The first-order valence-corrected chi connectivity index (χ1v) is 6.90. The van der Waals surface area contributed by atoms with Crippen LogP contribution < -0.4 is 10.5 Å². The summed E-state index contributed by atoms with van der Waals surface area (Å²) < 4.78 is 19.5. The number of nitrogens with one attached hydrogen (secondary N) is 1. The van der Waals surface area contributed by atoms with E-state index in [0.717, 1.165) is 6.07 Å². The molecule has 0 aromatic heterocycles. The minimum absolute atomic E-state index is 0.0258. The molecular formula is C13H8BrCl2FN2O. The topological polar surface area (TPSA) is 59.1 Å². The summed E-state index contributed by atoms with van der Waals surface area (Å²) in [5, 5.41) is 7.77. The molecule has 104 valence electrons. The molecule has 0 saturated heterocycles. The number of rotatable bonds is 3. The molecule has 3 nitrogen and oxygen atoms in total. The molecule has 0 unspecified atom stereocenters. The highest BCUT2D eigenvalue weighted by Gasteiger charge is 2.14. The van der Waals surface area contributed by atoms with Crippen molar-refractivity contribution in [3.05, 3.63) is 56.2 Å². The Bertz CT molecular complexity index is 694. The van der Waals surface area contributed by atoms with Crippen molar-refractivity contribution in [1.29, 1.82) is 5.41 Å². The van der Waals surface area contributed by atoms with E-state index in [-0.39, 0.29) is 32.9 Å². The molecule has 0 saturated carbocycles. The Labute approximate surface area is 133 Å². The van der Waals surface area contributed by atoms with Crippen LogP contribution in [0.5, 0.6) is 11.5 Å². The van der Waals surface area contributed by atoms with E-state index < -0.39 is 5.82 Å². The third-order valence-corrected chi connectivity index (χ3v) is 3.66. The van der Waals surface area contributed by atoms with E-state index in [2.05, 4.69) is 15.9 Å². The van der Waals surface area contributed by atoms with E-state index in [1.165, 1.54) is 6.07 Å². The number of nitrogens with two attached hydrogens (primary N) is 1. The van der Waals surface area contributed by atoms with Crippen molar-refractivity contribution in [1.82, 2.24) is 0 Å². The Balaban J connectivity index is 2.48. The van der Waals surface area contributed by atoms with Gasteiger partial charge in [0.25, 0.3) is 0 Å². The van der Waals surface area contributed by atoms with Gasteiger partial charge in [-0.2, -0.15) is 0 Å². The van der Waals surface area contributed by atoms with Gasteiger partial charge in [-0.1, -0.05) is 29.3 Å². The third kappa shape index (κ3) is 3.06. The molecular weight excluding hydrogens is 370 g/mol. The molecule has 0 aliphatic heterocycles. The van der Waals surface area contributed by atoms with Crippen LogP contribution in [0.3, 0.4) is 0 Å². The quantitative estimate of drug-likeness (QED) is 0.450. The average Bonchev–Trinajstić information content (AvgIpc) is 2.35. The largest absolute Gasteiger partial charge is 0.455 e. The van der Waals surface area contributed by atoms with Crippen LogP contribution in [0.1, 0.15) is 5.56 Å². The number of amidine groups is 1. The second-order valence-electron chi connectivity index (χ2n) is 3.83. The molecule has 0 aliphatic rings. The minimum atomic E-state index is -0.615. The van der Waals surface area contributed by atoms with E-state index in [4.69, 9.17) is 39.1 Å². The number of halogens is 4. The maximum absolute atomic E-state index is 13.5. The highest BCUT2D eigenvalue weighted by atomic mass is 79.9. The lowest BCUT2D eigenvalue weighted by Crippen LogP contribution is -2.13. The fourth-order valence-corrected chi connectivity index (χ4v) is 2.54. The van der Waals surface area contributed by atoms with Gasteiger partial charge in [-0.15, -0.1) is 0 Å². The van der Waals surface area contributed by atoms with Gasteiger partial charge in [0, 0.05) is 6.07 Å². The summed E-state index contributed by atoms with van der Waals surface area (Å²) in [5.41, 5.74) is 5.72. The Kier molecular flexibility index (Phi) is 4.52. The Morgan fingerprint density at radius 3 is 2.55 bits per heavy atom. The van der Waals surface area contributed by atoms with E-state index in [0.29, 0.717) is 4.47 Å². The molecule has 0 aliphatic carbocycles. The number of hydrogen-bond donors (Lipinski definition) is 2. The summed E-state index contributed by atoms with van der Waals surface area (Å²) in [6.45, 7) is 0. The molecule has 0 heterocycles. The fourth-order valence-electron chi connectivity index (χ4n) is 1.55. The molecule has 0 amide bonds. The van der Waals surface area contributed by atoms with Crippen LogP contribution in [0, 0.1) is 11.2 Å². The van der Waals surface area contributed by atoms with Crippen molar-refractivity contribution in [2.45, 2.75) is 0 Å². The van der Waals surface area contributed by atoms with Gasteiger partial charge < -0.3 is 10.5 Å². The SMILES string of the molecule is N=C(N)c1c(Cl)cccc1Oc1cc(F)c(Cl)cc1Br. The van der Waals surface area contributed by atoms with Crippen molar-refractivity contribution in [3.63, 3.8) is 0 Å². The van der Waals surface area contributed by atoms with Crippen molar-refractivity contribution in [2.24, 2.45) is 5.73 Å². The predicted molar refractivity (Wildman–Crippen MR) is 81.7 cm³/mol. The Hall–Kier alpha value is -1.30. The number of nitrogen functional groups attached to an aromatic ring is 1. The molecule has 0 bridgehead atoms. The van der Waals surface area contributed by atoms with Crippen LogP contribution in [0.2, 0.25) is 10.0 Å². The van der Waals surface area contributed by atoms with Crippen LogP contribution in [0.4, 0.5) is 4.39 Å². The summed E-state index contributed by atoms with van der Waals surface area (Å²) in [4.78, 5) is 0. The first kappa shape index (κ1) is 15.1. The summed E-state index contributed by atoms with van der Waals surface area (Å²) in [5.74, 6) is -0.392. The van der Waals surface area contributed by atoms with Gasteiger partial charge in [0.15, 0.2) is 0 Å². The van der Waals surface area contributed by atoms with Crippen LogP contribution in [-0.2, 0) is 0 Å². The lowest BCUT2D eigenvalue weighted by atomic mass is 10.2. The normalized spacial score (nSPS) is 10.4. The second kappa shape index (κ2) is 5.99. The highest BCUT2D eigenvalue weighted by Crippen LogP contribution is 2.36. The van der Waals surface area contributed by atoms with Gasteiger partial charge in [0.2, 0.25) is 0 Å². The zero-order valence-corrected chi connectivity index (χ0v) is 13.0. The lowest BCUT2D eigenvalue weighted by molar-refractivity contribution is 0.472. The molecule has 0 atom stereocenters. The molecule has 3 N–H and O–H groups in total. The van der Waals surface area contributed by atoms with Gasteiger partial charge >= 0.3 is 0 Å². The molecule has 7 heteroatoms. The smallest absolute Gasteiger partial charge is 0.145 e. The Morgan fingerprint density at radius 1 is 1.20 bits per heavy atom. The van der Waals surface area contributed by atoms with E-state index in [1.54, 1.807) is 18.2 Å². The molecule has 20 heavy (non-hydrogen) atoms. The molecule has 2 rings (SSSR count). The van der Waals surface area contributed by atoms with Gasteiger partial charge in [-0.3, -0.25) is 5.41 Å². The van der Waals surface area contributed by atoms with Crippen molar-refractivity contribution in [3.8, 4) is 11.5 Å². The monoisotopic (exact) mass is 376 g/mol. The zero-order chi connectivity index (χ0) is 14.9. The number of benzene rings is 2. The van der Waals surface area contributed by atoms with E-state index in [9.17, 15) is 4.39 Å². The molecule has 0 fully saturated rings. The van der Waals surface area contributed by atoms with E-state index >= 15 is 0 Å². The molecule has 0 radical (unpaired) electrons. The standard InChI is InChI=1S/C13H8BrCl2FN2O/c14-6-4-8(16)9(17)5-11(6)20-10-3-1-2-7(15)12(10)13(18)19/h1-5H,(H3,18,19). The maximum atomic E-state index is 13.5.